The number of amides is 3. The van der Waals surface area contributed by atoms with Crippen LogP contribution in [0.3, 0.4) is 0 Å². The van der Waals surface area contributed by atoms with Crippen LogP contribution in [0.25, 0.3) is 0 Å². The highest BCUT2D eigenvalue weighted by molar-refractivity contribution is 6.53. The van der Waals surface area contributed by atoms with Crippen molar-refractivity contribution in [1.82, 2.24) is 0 Å². The second-order valence-electron chi connectivity index (χ2n) is 8.77. The first-order valence-electron chi connectivity index (χ1n) is 12.4. The Bertz CT molecular complexity index is 1640. The van der Waals surface area contributed by atoms with Crippen molar-refractivity contribution < 1.29 is 28.6 Å². The fraction of sp³-hybridized carbons (Fsp3) is 0.0645. The van der Waals surface area contributed by atoms with Crippen molar-refractivity contribution in [2.45, 2.75) is 0 Å². The average Bonchev–Trinajstić information content (AvgIpc) is 3.21. The number of rotatable bonds is 9. The molecule has 0 saturated carbocycles. The predicted molar refractivity (Wildman–Crippen MR) is 156 cm³/mol. The predicted octanol–water partition coefficient (Wildman–Crippen LogP) is 6.18. The van der Waals surface area contributed by atoms with Gasteiger partial charge in [-0.2, -0.15) is 0 Å². The van der Waals surface area contributed by atoms with Crippen molar-refractivity contribution in [2.24, 2.45) is 0 Å². The van der Waals surface area contributed by atoms with Crippen molar-refractivity contribution in [3.8, 4) is 23.0 Å². The molecule has 0 spiro atoms. The second kappa shape index (κ2) is 11.8. The standard InChI is InChI=1S/C31H24ClN3O6/c1-39-24-16-17-25(26(18-24)40-2)35-30(37)27(32)28(31(35)38)33-20-10-8-19(9-11-20)29(36)34-21-12-14-23(15-13-21)41-22-6-4-3-5-7-22/h3-18,33H,1-2H3,(H,34,36). The van der Waals surface area contributed by atoms with Crippen LogP contribution in [0.15, 0.2) is 108 Å². The molecule has 0 radical (unpaired) electrons. The summed E-state index contributed by atoms with van der Waals surface area (Å²) in [5.74, 6) is 0.457. The van der Waals surface area contributed by atoms with Gasteiger partial charge in [-0.25, -0.2) is 4.90 Å². The summed E-state index contributed by atoms with van der Waals surface area (Å²) in [6, 6.07) is 27.5. The van der Waals surface area contributed by atoms with Crippen LogP contribution in [0.4, 0.5) is 17.1 Å². The van der Waals surface area contributed by atoms with Crippen molar-refractivity contribution >= 4 is 46.4 Å². The maximum Gasteiger partial charge on any atom is 0.283 e. The van der Waals surface area contributed by atoms with E-state index in [1.165, 1.54) is 20.3 Å². The Balaban J connectivity index is 1.24. The van der Waals surface area contributed by atoms with E-state index in [0.717, 1.165) is 4.90 Å². The minimum atomic E-state index is -0.696. The van der Waals surface area contributed by atoms with Crippen LogP contribution >= 0.6 is 11.6 Å². The highest BCUT2D eigenvalue weighted by Crippen LogP contribution is 2.37. The third kappa shape index (κ3) is 5.85. The average molecular weight is 570 g/mol. The van der Waals surface area contributed by atoms with Crippen LogP contribution in [-0.2, 0) is 9.59 Å². The van der Waals surface area contributed by atoms with Gasteiger partial charge >= 0.3 is 0 Å². The van der Waals surface area contributed by atoms with Crippen LogP contribution in [0.2, 0.25) is 0 Å². The number of benzene rings is 4. The molecule has 0 bridgehead atoms. The fourth-order valence-corrected chi connectivity index (χ4v) is 4.30. The number of hydrogen-bond acceptors (Lipinski definition) is 7. The van der Waals surface area contributed by atoms with E-state index in [-0.39, 0.29) is 28.1 Å². The van der Waals surface area contributed by atoms with Crippen LogP contribution in [0.1, 0.15) is 10.4 Å². The Hall–Kier alpha value is -5.28. The van der Waals surface area contributed by atoms with Crippen LogP contribution < -0.4 is 29.7 Å². The van der Waals surface area contributed by atoms with Gasteiger partial charge in [-0.05, 0) is 72.8 Å². The first-order valence-corrected chi connectivity index (χ1v) is 12.8. The number of nitrogens with one attached hydrogen (secondary N) is 2. The lowest BCUT2D eigenvalue weighted by Crippen LogP contribution is -2.32. The molecule has 0 aliphatic carbocycles. The maximum absolute atomic E-state index is 13.2. The van der Waals surface area contributed by atoms with E-state index >= 15 is 0 Å². The monoisotopic (exact) mass is 569 g/mol. The maximum atomic E-state index is 13.2. The molecule has 10 heteroatoms. The molecular formula is C31H24ClN3O6. The van der Waals surface area contributed by atoms with Gasteiger partial charge in [0, 0.05) is 23.0 Å². The van der Waals surface area contributed by atoms with Crippen molar-refractivity contribution in [1.29, 1.82) is 0 Å². The molecular weight excluding hydrogens is 546 g/mol. The van der Waals surface area contributed by atoms with Crippen LogP contribution in [0, 0.1) is 0 Å². The molecule has 1 heterocycles. The molecule has 5 rings (SSSR count). The number of nitrogens with zero attached hydrogens (tertiary/aromatic N) is 1. The molecule has 0 atom stereocenters. The minimum Gasteiger partial charge on any atom is -0.497 e. The van der Waals surface area contributed by atoms with Gasteiger partial charge in [-0.15, -0.1) is 0 Å². The summed E-state index contributed by atoms with van der Waals surface area (Å²) >= 11 is 6.27. The zero-order valence-corrected chi connectivity index (χ0v) is 22.8. The molecule has 3 amide bonds. The Morgan fingerprint density at radius 1 is 0.732 bits per heavy atom. The number of carbonyl (C=O) groups excluding carboxylic acids is 3. The number of methoxy groups -OCH3 is 2. The molecule has 206 valence electrons. The molecule has 4 aromatic carbocycles. The van der Waals surface area contributed by atoms with E-state index in [1.807, 2.05) is 30.3 Å². The quantitative estimate of drug-likeness (QED) is 0.232. The summed E-state index contributed by atoms with van der Waals surface area (Å²) in [7, 11) is 2.92. The number of imide groups is 1. The first kappa shape index (κ1) is 27.3. The highest BCUT2D eigenvalue weighted by Gasteiger charge is 2.40. The fourth-order valence-electron chi connectivity index (χ4n) is 4.08. The minimum absolute atomic E-state index is 0.0930. The van der Waals surface area contributed by atoms with Gasteiger partial charge in [0.15, 0.2) is 0 Å². The summed E-state index contributed by atoms with van der Waals surface area (Å²) in [5, 5.41) is 5.46. The largest absolute Gasteiger partial charge is 0.497 e. The van der Waals surface area contributed by atoms with Crippen LogP contribution in [0.5, 0.6) is 23.0 Å². The Morgan fingerprint density at radius 3 is 2.02 bits per heavy atom. The van der Waals surface area contributed by atoms with E-state index < -0.39 is 11.8 Å². The molecule has 0 saturated heterocycles. The molecule has 0 aromatic heterocycles. The lowest BCUT2D eigenvalue weighted by molar-refractivity contribution is -0.120. The van der Waals surface area contributed by atoms with Crippen molar-refractivity contribution in [3.05, 3.63) is 113 Å². The summed E-state index contributed by atoms with van der Waals surface area (Å²) in [5.41, 5.74) is 1.58. The van der Waals surface area contributed by atoms with Gasteiger partial charge in [0.2, 0.25) is 0 Å². The van der Waals surface area contributed by atoms with Gasteiger partial charge in [0.25, 0.3) is 17.7 Å². The third-order valence-electron chi connectivity index (χ3n) is 6.16. The second-order valence-corrected chi connectivity index (χ2v) is 9.15. The number of para-hydroxylation sites is 1. The summed E-state index contributed by atoms with van der Waals surface area (Å²) in [6.45, 7) is 0. The normalized spacial score (nSPS) is 12.8. The Morgan fingerprint density at radius 2 is 1.37 bits per heavy atom. The van der Waals surface area contributed by atoms with Gasteiger partial charge in [-0.1, -0.05) is 29.8 Å². The van der Waals surface area contributed by atoms with E-state index in [4.69, 9.17) is 25.8 Å². The van der Waals surface area contributed by atoms with Crippen LogP contribution in [-0.4, -0.2) is 31.9 Å². The molecule has 9 nitrogen and oxygen atoms in total. The van der Waals surface area contributed by atoms with E-state index in [1.54, 1.807) is 60.7 Å². The number of anilines is 3. The van der Waals surface area contributed by atoms with Gasteiger partial charge in [-0.3, -0.25) is 14.4 Å². The zero-order valence-electron chi connectivity index (χ0n) is 22.0. The zero-order chi connectivity index (χ0) is 28.9. The molecule has 1 aliphatic rings. The lowest BCUT2D eigenvalue weighted by Gasteiger charge is -2.18. The molecule has 4 aromatic rings. The SMILES string of the molecule is COc1ccc(N2C(=O)C(Cl)=C(Nc3ccc(C(=O)Nc4ccc(Oc5ccccc5)cc4)cc3)C2=O)c(OC)c1. The molecule has 41 heavy (non-hydrogen) atoms. The molecule has 0 unspecified atom stereocenters. The molecule has 1 aliphatic heterocycles. The van der Waals surface area contributed by atoms with Gasteiger partial charge in [0.05, 0.1) is 19.9 Å². The van der Waals surface area contributed by atoms with Gasteiger partial charge < -0.3 is 24.8 Å². The summed E-state index contributed by atoms with van der Waals surface area (Å²) < 4.78 is 16.3. The van der Waals surface area contributed by atoms with E-state index in [9.17, 15) is 14.4 Å². The number of halogens is 1. The lowest BCUT2D eigenvalue weighted by atomic mass is 10.2. The van der Waals surface area contributed by atoms with Crippen molar-refractivity contribution in [3.63, 3.8) is 0 Å². The molecule has 0 fully saturated rings. The Labute approximate surface area is 240 Å². The summed E-state index contributed by atoms with van der Waals surface area (Å²) in [4.78, 5) is 39.8. The van der Waals surface area contributed by atoms with E-state index in [2.05, 4.69) is 10.6 Å². The van der Waals surface area contributed by atoms with E-state index in [0.29, 0.717) is 34.2 Å². The highest BCUT2D eigenvalue weighted by atomic mass is 35.5. The van der Waals surface area contributed by atoms with Gasteiger partial charge in [0.1, 0.15) is 33.7 Å². The number of ether oxygens (including phenoxy) is 3. The smallest absolute Gasteiger partial charge is 0.283 e. The summed E-state index contributed by atoms with van der Waals surface area (Å²) in [6.07, 6.45) is 0. The number of carbonyl (C=O) groups is 3. The number of hydrogen-bond donors (Lipinski definition) is 2. The third-order valence-corrected chi connectivity index (χ3v) is 6.51. The topological polar surface area (TPSA) is 106 Å². The molecule has 2 N–H and O–H groups in total. The Kier molecular flexibility index (Phi) is 7.89. The first-order chi connectivity index (χ1) is 19.9. The van der Waals surface area contributed by atoms with Crippen molar-refractivity contribution in [2.75, 3.05) is 29.8 Å².